The molecule has 0 bridgehead atoms. The Kier molecular flexibility index (Phi) is 2.44. The summed E-state index contributed by atoms with van der Waals surface area (Å²) in [6.45, 7) is 3.58. The number of aryl methyl sites for hydroxylation is 2. The predicted molar refractivity (Wildman–Crippen MR) is 57.8 cm³/mol. The van der Waals surface area contributed by atoms with Gasteiger partial charge < -0.3 is 5.11 Å². The number of aromatic carboxylic acids is 1. The van der Waals surface area contributed by atoms with Crippen molar-refractivity contribution >= 4 is 5.97 Å². The van der Waals surface area contributed by atoms with Crippen molar-refractivity contribution in [1.82, 2.24) is 14.8 Å². The van der Waals surface area contributed by atoms with Gasteiger partial charge >= 0.3 is 5.97 Å². The third-order valence-corrected chi connectivity index (χ3v) is 2.29. The van der Waals surface area contributed by atoms with Crippen LogP contribution in [0.25, 0.3) is 5.82 Å². The van der Waals surface area contributed by atoms with Crippen LogP contribution in [0.5, 0.6) is 0 Å². The molecule has 0 fully saturated rings. The maximum Gasteiger partial charge on any atom is 0.339 e. The molecule has 0 saturated carbocycles. The second-order valence-corrected chi connectivity index (χ2v) is 3.53. The first-order valence-electron chi connectivity index (χ1n) is 4.81. The van der Waals surface area contributed by atoms with E-state index in [2.05, 4.69) is 10.1 Å². The van der Waals surface area contributed by atoms with Crippen molar-refractivity contribution < 1.29 is 9.90 Å². The predicted octanol–water partition coefficient (Wildman–Crippen LogP) is 1.58. The Morgan fingerprint density at radius 3 is 2.69 bits per heavy atom. The first kappa shape index (κ1) is 10.4. The SMILES string of the molecule is Cc1ccn(-c2nccc(C)c2C(=O)O)n1. The lowest BCUT2D eigenvalue weighted by molar-refractivity contribution is 0.0695. The summed E-state index contributed by atoms with van der Waals surface area (Å²) >= 11 is 0. The van der Waals surface area contributed by atoms with E-state index >= 15 is 0 Å². The highest BCUT2D eigenvalue weighted by atomic mass is 16.4. The first-order chi connectivity index (χ1) is 7.59. The maximum absolute atomic E-state index is 11.1. The van der Waals surface area contributed by atoms with Crippen molar-refractivity contribution in [3.8, 4) is 5.82 Å². The molecule has 0 aliphatic heterocycles. The minimum Gasteiger partial charge on any atom is -0.478 e. The standard InChI is InChI=1S/C11H11N3O2/c1-7-3-5-12-10(9(7)11(15)16)14-6-4-8(2)13-14/h3-6H,1-2H3,(H,15,16). The molecule has 2 heterocycles. The molecule has 82 valence electrons. The van der Waals surface area contributed by atoms with Crippen LogP contribution in [0, 0.1) is 13.8 Å². The number of carbonyl (C=O) groups is 1. The van der Waals surface area contributed by atoms with Crippen molar-refractivity contribution in [1.29, 1.82) is 0 Å². The van der Waals surface area contributed by atoms with Crippen molar-refractivity contribution in [2.45, 2.75) is 13.8 Å². The van der Waals surface area contributed by atoms with E-state index in [1.807, 2.05) is 6.92 Å². The fraction of sp³-hybridized carbons (Fsp3) is 0.182. The van der Waals surface area contributed by atoms with Gasteiger partial charge in [0.05, 0.1) is 5.69 Å². The molecule has 0 spiro atoms. The molecule has 16 heavy (non-hydrogen) atoms. The molecule has 0 unspecified atom stereocenters. The first-order valence-corrected chi connectivity index (χ1v) is 4.81. The van der Waals surface area contributed by atoms with E-state index in [9.17, 15) is 4.79 Å². The van der Waals surface area contributed by atoms with Gasteiger partial charge in [-0.05, 0) is 31.5 Å². The number of nitrogens with zero attached hydrogens (tertiary/aromatic N) is 3. The number of carboxylic acids is 1. The van der Waals surface area contributed by atoms with Gasteiger partial charge in [0.1, 0.15) is 5.56 Å². The molecule has 5 nitrogen and oxygen atoms in total. The van der Waals surface area contributed by atoms with E-state index < -0.39 is 5.97 Å². The molecule has 2 aromatic rings. The molecular weight excluding hydrogens is 206 g/mol. The van der Waals surface area contributed by atoms with Crippen LogP contribution in [0.3, 0.4) is 0 Å². The summed E-state index contributed by atoms with van der Waals surface area (Å²) in [6, 6.07) is 3.47. The second kappa shape index (κ2) is 3.77. The van der Waals surface area contributed by atoms with Gasteiger partial charge in [0.15, 0.2) is 5.82 Å². The lowest BCUT2D eigenvalue weighted by Gasteiger charge is -2.07. The van der Waals surface area contributed by atoms with Gasteiger partial charge in [0, 0.05) is 12.4 Å². The summed E-state index contributed by atoms with van der Waals surface area (Å²) < 4.78 is 1.48. The highest BCUT2D eigenvalue weighted by Crippen LogP contribution is 2.15. The van der Waals surface area contributed by atoms with E-state index in [-0.39, 0.29) is 5.56 Å². The average Bonchev–Trinajstić information content (AvgIpc) is 2.63. The Hall–Kier alpha value is -2.17. The number of aromatic nitrogens is 3. The lowest BCUT2D eigenvalue weighted by Crippen LogP contribution is -2.10. The Morgan fingerprint density at radius 1 is 1.38 bits per heavy atom. The van der Waals surface area contributed by atoms with E-state index in [0.717, 1.165) is 5.69 Å². The van der Waals surface area contributed by atoms with Crippen LogP contribution < -0.4 is 0 Å². The molecule has 0 amide bonds. The van der Waals surface area contributed by atoms with Crippen LogP contribution in [0.1, 0.15) is 21.6 Å². The number of pyridine rings is 1. The summed E-state index contributed by atoms with van der Waals surface area (Å²) in [6.07, 6.45) is 3.28. The highest BCUT2D eigenvalue weighted by Gasteiger charge is 2.16. The number of carboxylic acid groups (broad SMARTS) is 1. The van der Waals surface area contributed by atoms with Crippen LogP contribution in [-0.2, 0) is 0 Å². The fourth-order valence-electron chi connectivity index (χ4n) is 1.51. The van der Waals surface area contributed by atoms with Gasteiger partial charge in [-0.25, -0.2) is 14.5 Å². The van der Waals surface area contributed by atoms with Gasteiger partial charge in [0.2, 0.25) is 0 Å². The van der Waals surface area contributed by atoms with E-state index in [1.165, 1.54) is 4.68 Å². The summed E-state index contributed by atoms with van der Waals surface area (Å²) in [7, 11) is 0. The van der Waals surface area contributed by atoms with Crippen molar-refractivity contribution in [3.05, 3.63) is 41.3 Å². The van der Waals surface area contributed by atoms with E-state index in [1.54, 1.807) is 31.5 Å². The van der Waals surface area contributed by atoms with E-state index in [4.69, 9.17) is 5.11 Å². The van der Waals surface area contributed by atoms with Crippen molar-refractivity contribution in [2.75, 3.05) is 0 Å². The van der Waals surface area contributed by atoms with Crippen molar-refractivity contribution in [3.63, 3.8) is 0 Å². The molecule has 2 rings (SSSR count). The molecule has 0 atom stereocenters. The molecule has 5 heteroatoms. The van der Waals surface area contributed by atoms with Gasteiger partial charge in [-0.1, -0.05) is 0 Å². The van der Waals surface area contributed by atoms with Crippen LogP contribution in [0.2, 0.25) is 0 Å². The van der Waals surface area contributed by atoms with Crippen LogP contribution in [-0.4, -0.2) is 25.8 Å². The summed E-state index contributed by atoms with van der Waals surface area (Å²) in [5, 5.41) is 13.3. The van der Waals surface area contributed by atoms with Gasteiger partial charge in [-0.15, -0.1) is 0 Å². The summed E-state index contributed by atoms with van der Waals surface area (Å²) in [4.78, 5) is 15.2. The maximum atomic E-state index is 11.1. The third-order valence-electron chi connectivity index (χ3n) is 2.29. The lowest BCUT2D eigenvalue weighted by atomic mass is 10.1. The Morgan fingerprint density at radius 2 is 2.12 bits per heavy atom. The van der Waals surface area contributed by atoms with Crippen LogP contribution in [0.4, 0.5) is 0 Å². The van der Waals surface area contributed by atoms with Gasteiger partial charge in [-0.3, -0.25) is 0 Å². The highest BCUT2D eigenvalue weighted by molar-refractivity contribution is 5.92. The molecule has 2 aromatic heterocycles. The largest absolute Gasteiger partial charge is 0.478 e. The minimum absolute atomic E-state index is 0.186. The zero-order valence-corrected chi connectivity index (χ0v) is 9.01. The van der Waals surface area contributed by atoms with Crippen LogP contribution in [0.15, 0.2) is 24.5 Å². The quantitative estimate of drug-likeness (QED) is 0.829. The molecule has 1 N–H and O–H groups in total. The van der Waals surface area contributed by atoms with E-state index in [0.29, 0.717) is 11.4 Å². The zero-order valence-electron chi connectivity index (χ0n) is 9.01. The molecule has 0 aliphatic carbocycles. The van der Waals surface area contributed by atoms with Crippen LogP contribution >= 0.6 is 0 Å². The minimum atomic E-state index is -0.992. The fourth-order valence-corrected chi connectivity index (χ4v) is 1.51. The summed E-state index contributed by atoms with van der Waals surface area (Å²) in [5.74, 6) is -0.644. The molecule has 0 aliphatic rings. The topological polar surface area (TPSA) is 68.0 Å². The Balaban J connectivity index is 2.65. The normalized spacial score (nSPS) is 10.4. The Bertz CT molecular complexity index is 546. The monoisotopic (exact) mass is 217 g/mol. The molecular formula is C11H11N3O2. The molecule has 0 saturated heterocycles. The van der Waals surface area contributed by atoms with Gasteiger partial charge in [-0.2, -0.15) is 5.10 Å². The van der Waals surface area contributed by atoms with Gasteiger partial charge in [0.25, 0.3) is 0 Å². The zero-order chi connectivity index (χ0) is 11.7. The third kappa shape index (κ3) is 1.67. The second-order valence-electron chi connectivity index (χ2n) is 3.53. The Labute approximate surface area is 92.4 Å². The number of rotatable bonds is 2. The number of hydrogen-bond acceptors (Lipinski definition) is 3. The average molecular weight is 217 g/mol. The molecule has 0 radical (unpaired) electrons. The molecule has 0 aromatic carbocycles. The smallest absolute Gasteiger partial charge is 0.339 e. The number of hydrogen-bond donors (Lipinski definition) is 1. The summed E-state index contributed by atoms with van der Waals surface area (Å²) in [5.41, 5.74) is 1.68. The van der Waals surface area contributed by atoms with Crippen molar-refractivity contribution in [2.24, 2.45) is 0 Å².